The molecule has 1 heterocycles. The summed E-state index contributed by atoms with van der Waals surface area (Å²) in [7, 11) is 1.78. The summed E-state index contributed by atoms with van der Waals surface area (Å²) in [4.78, 5) is 30.7. The highest BCUT2D eigenvalue weighted by molar-refractivity contribution is 6.35. The number of nitrogens with zero attached hydrogens (tertiary/aromatic N) is 3. The van der Waals surface area contributed by atoms with E-state index in [0.29, 0.717) is 31.2 Å². The molecule has 2 aliphatic rings. The second-order valence-corrected chi connectivity index (χ2v) is 7.40. The molecule has 0 N–H and O–H groups in total. The maximum absolute atomic E-state index is 12.6. The summed E-state index contributed by atoms with van der Waals surface area (Å²) in [5, 5.41) is 0.709. The van der Waals surface area contributed by atoms with Gasteiger partial charge in [0.1, 0.15) is 0 Å². The van der Waals surface area contributed by atoms with Gasteiger partial charge in [-0.2, -0.15) is 0 Å². The number of benzene rings is 1. The monoisotopic (exact) mass is 363 g/mol. The molecule has 1 saturated carbocycles. The molecule has 1 saturated heterocycles. The number of hydrogen-bond donors (Lipinski definition) is 0. The Hall–Kier alpha value is -1.75. The molecule has 1 aliphatic carbocycles. The van der Waals surface area contributed by atoms with E-state index in [-0.39, 0.29) is 17.9 Å². The van der Waals surface area contributed by atoms with Crippen LogP contribution in [0.3, 0.4) is 0 Å². The Bertz CT molecular complexity index is 623. The first-order valence-corrected chi connectivity index (χ1v) is 9.50. The van der Waals surface area contributed by atoms with Crippen molar-refractivity contribution in [3.05, 3.63) is 29.3 Å². The normalized spacial score (nSPS) is 19.0. The molecule has 6 heteroatoms. The minimum absolute atomic E-state index is 0.220. The van der Waals surface area contributed by atoms with E-state index in [1.807, 2.05) is 24.3 Å². The number of likely N-dealkylation sites (N-methyl/N-ethyl adjacent to an activating group) is 1. The van der Waals surface area contributed by atoms with Crippen LogP contribution in [0.5, 0.6) is 0 Å². The number of rotatable bonds is 2. The van der Waals surface area contributed by atoms with Crippen LogP contribution < -0.4 is 4.90 Å². The number of amides is 2. The van der Waals surface area contributed by atoms with Gasteiger partial charge < -0.3 is 14.7 Å². The fourth-order valence-corrected chi connectivity index (χ4v) is 3.95. The van der Waals surface area contributed by atoms with E-state index in [1.54, 1.807) is 16.8 Å². The zero-order chi connectivity index (χ0) is 17.8. The lowest BCUT2D eigenvalue weighted by atomic mass is 9.94. The van der Waals surface area contributed by atoms with E-state index in [0.717, 1.165) is 31.4 Å². The van der Waals surface area contributed by atoms with Gasteiger partial charge in [-0.05, 0) is 31.0 Å². The summed E-state index contributed by atoms with van der Waals surface area (Å²) in [5.41, 5.74) is 1.06. The van der Waals surface area contributed by atoms with Crippen molar-refractivity contribution in [1.82, 2.24) is 9.80 Å². The molecule has 0 spiro atoms. The first-order chi connectivity index (χ1) is 12.1. The largest absolute Gasteiger partial charge is 0.368 e. The number of carbonyl (C=O) groups is 2. The highest BCUT2D eigenvalue weighted by atomic mass is 35.5. The lowest BCUT2D eigenvalue weighted by Crippen LogP contribution is -2.54. The van der Waals surface area contributed by atoms with Crippen LogP contribution in [0, 0.1) is 0 Å². The van der Waals surface area contributed by atoms with Gasteiger partial charge in [0.25, 0.3) is 0 Å². The zero-order valence-electron chi connectivity index (χ0n) is 14.8. The van der Waals surface area contributed by atoms with Crippen molar-refractivity contribution in [3.8, 4) is 0 Å². The summed E-state index contributed by atoms with van der Waals surface area (Å²) < 4.78 is 0. The number of carbonyl (C=O) groups excluding carboxylic acids is 2. The van der Waals surface area contributed by atoms with Crippen LogP contribution in [0.15, 0.2) is 24.3 Å². The molecule has 2 fully saturated rings. The lowest BCUT2D eigenvalue weighted by Gasteiger charge is -2.37. The second kappa shape index (κ2) is 8.09. The molecular weight excluding hydrogens is 338 g/mol. The number of halogens is 1. The maximum atomic E-state index is 12.6. The number of hydrogen-bond acceptors (Lipinski definition) is 3. The van der Waals surface area contributed by atoms with E-state index in [4.69, 9.17) is 11.6 Å². The van der Waals surface area contributed by atoms with E-state index >= 15 is 0 Å². The van der Waals surface area contributed by atoms with Crippen molar-refractivity contribution in [3.63, 3.8) is 0 Å². The van der Waals surface area contributed by atoms with Gasteiger partial charge in [0, 0.05) is 50.0 Å². The summed E-state index contributed by atoms with van der Waals surface area (Å²) in [6.45, 7) is 2.56. The van der Waals surface area contributed by atoms with Crippen LogP contribution in [-0.2, 0) is 9.59 Å². The second-order valence-electron chi connectivity index (χ2n) is 6.97. The highest BCUT2D eigenvalue weighted by Gasteiger charge is 2.31. The molecule has 5 nitrogen and oxygen atoms in total. The number of piperazine rings is 1. The summed E-state index contributed by atoms with van der Waals surface area (Å²) in [6.07, 6.45) is 5.55. The fraction of sp³-hybridized carbons (Fsp3) is 0.579. The third-order valence-corrected chi connectivity index (χ3v) is 5.60. The van der Waals surface area contributed by atoms with Gasteiger partial charge in [-0.1, -0.05) is 36.9 Å². The third-order valence-electron chi connectivity index (χ3n) is 5.37. The molecule has 1 aromatic carbocycles. The van der Waals surface area contributed by atoms with E-state index in [9.17, 15) is 9.59 Å². The summed E-state index contributed by atoms with van der Waals surface area (Å²) in [6, 6.07) is 7.95. The smallest absolute Gasteiger partial charge is 0.312 e. The van der Waals surface area contributed by atoms with Gasteiger partial charge in [-0.3, -0.25) is 9.59 Å². The van der Waals surface area contributed by atoms with Crippen molar-refractivity contribution < 1.29 is 9.59 Å². The Morgan fingerprint density at radius 2 is 1.76 bits per heavy atom. The molecule has 0 aromatic heterocycles. The van der Waals surface area contributed by atoms with Crippen LogP contribution in [0.1, 0.15) is 32.1 Å². The average molecular weight is 364 g/mol. The van der Waals surface area contributed by atoms with Crippen LogP contribution in [0.2, 0.25) is 5.02 Å². The van der Waals surface area contributed by atoms with Gasteiger partial charge >= 0.3 is 11.8 Å². The standard InChI is InChI=1S/C19H26ClN3O2/c1-21(16-7-3-2-4-8-16)18(24)19(25)23-12-10-22(11-13-23)17-9-5-6-15(20)14-17/h5-6,9,14,16H,2-4,7-8,10-13H2,1H3. The van der Waals surface area contributed by atoms with E-state index in [2.05, 4.69) is 4.90 Å². The predicted molar refractivity (Wildman–Crippen MR) is 99.9 cm³/mol. The first kappa shape index (κ1) is 18.1. The van der Waals surface area contributed by atoms with Crippen molar-refractivity contribution in [2.45, 2.75) is 38.1 Å². The molecule has 1 aromatic rings. The molecule has 2 amide bonds. The van der Waals surface area contributed by atoms with Crippen molar-refractivity contribution in [2.75, 3.05) is 38.1 Å². The molecule has 136 valence electrons. The lowest BCUT2D eigenvalue weighted by molar-refractivity contribution is -0.152. The Morgan fingerprint density at radius 3 is 2.40 bits per heavy atom. The summed E-state index contributed by atoms with van der Waals surface area (Å²) in [5.74, 6) is -0.720. The van der Waals surface area contributed by atoms with Crippen molar-refractivity contribution in [2.24, 2.45) is 0 Å². The fourth-order valence-electron chi connectivity index (χ4n) is 3.76. The molecular formula is C19H26ClN3O2. The van der Waals surface area contributed by atoms with Crippen LogP contribution in [0.25, 0.3) is 0 Å². The quantitative estimate of drug-likeness (QED) is 0.759. The molecule has 0 unspecified atom stereocenters. The van der Waals surface area contributed by atoms with Gasteiger partial charge in [0.15, 0.2) is 0 Å². The minimum Gasteiger partial charge on any atom is -0.368 e. The molecule has 0 radical (unpaired) electrons. The highest BCUT2D eigenvalue weighted by Crippen LogP contribution is 2.23. The Kier molecular flexibility index (Phi) is 5.84. The molecule has 0 atom stereocenters. The van der Waals surface area contributed by atoms with Gasteiger partial charge in [0.2, 0.25) is 0 Å². The topological polar surface area (TPSA) is 43.9 Å². The van der Waals surface area contributed by atoms with Crippen molar-refractivity contribution >= 4 is 29.1 Å². The Balaban J connectivity index is 1.54. The van der Waals surface area contributed by atoms with Crippen molar-refractivity contribution in [1.29, 1.82) is 0 Å². The third kappa shape index (κ3) is 4.27. The minimum atomic E-state index is -0.362. The van der Waals surface area contributed by atoms with Crippen LogP contribution >= 0.6 is 11.6 Å². The van der Waals surface area contributed by atoms with Gasteiger partial charge in [-0.25, -0.2) is 0 Å². The summed E-state index contributed by atoms with van der Waals surface area (Å²) >= 11 is 6.05. The average Bonchev–Trinajstić information content (AvgIpc) is 2.67. The molecule has 3 rings (SSSR count). The predicted octanol–water partition coefficient (Wildman–Crippen LogP) is 2.78. The van der Waals surface area contributed by atoms with E-state index < -0.39 is 0 Å². The Labute approximate surface area is 154 Å². The first-order valence-electron chi connectivity index (χ1n) is 9.13. The van der Waals surface area contributed by atoms with Crippen LogP contribution in [0.4, 0.5) is 5.69 Å². The number of anilines is 1. The molecule has 1 aliphatic heterocycles. The molecule has 0 bridgehead atoms. The van der Waals surface area contributed by atoms with Crippen LogP contribution in [-0.4, -0.2) is 60.9 Å². The maximum Gasteiger partial charge on any atom is 0.312 e. The van der Waals surface area contributed by atoms with Gasteiger partial charge in [0.05, 0.1) is 0 Å². The Morgan fingerprint density at radius 1 is 1.08 bits per heavy atom. The van der Waals surface area contributed by atoms with Gasteiger partial charge in [-0.15, -0.1) is 0 Å². The zero-order valence-corrected chi connectivity index (χ0v) is 15.5. The SMILES string of the molecule is CN(C(=O)C(=O)N1CCN(c2cccc(Cl)c2)CC1)C1CCCCC1. The molecule has 25 heavy (non-hydrogen) atoms. The van der Waals surface area contributed by atoms with E-state index in [1.165, 1.54) is 6.42 Å².